The average molecular weight is 227 g/mol. The fraction of sp³-hybridized carbons (Fsp3) is 0.500. The molecule has 1 aliphatic heterocycles. The summed E-state index contributed by atoms with van der Waals surface area (Å²) >= 11 is 0. The third kappa shape index (κ3) is 3.49. The van der Waals surface area contributed by atoms with Crippen LogP contribution in [0.15, 0.2) is 30.3 Å². The van der Waals surface area contributed by atoms with Gasteiger partial charge in [-0.15, -0.1) is 12.4 Å². The van der Waals surface area contributed by atoms with Crippen molar-refractivity contribution in [3.8, 4) is 0 Å². The van der Waals surface area contributed by atoms with Gasteiger partial charge >= 0.3 is 0 Å². The first-order valence-corrected chi connectivity index (χ1v) is 5.31. The summed E-state index contributed by atoms with van der Waals surface area (Å²) < 4.78 is 0. The zero-order valence-electron chi connectivity index (χ0n) is 9.15. The Bertz CT molecular complexity index is 270. The fourth-order valence-electron chi connectivity index (χ4n) is 2.02. The number of nitrogens with one attached hydrogen (secondary N) is 1. The van der Waals surface area contributed by atoms with Gasteiger partial charge in [0.2, 0.25) is 0 Å². The topological polar surface area (TPSA) is 15.3 Å². The van der Waals surface area contributed by atoms with Gasteiger partial charge in [0, 0.05) is 19.1 Å². The molecule has 1 atom stereocenters. The summed E-state index contributed by atoms with van der Waals surface area (Å²) in [7, 11) is 2.21. The van der Waals surface area contributed by atoms with Gasteiger partial charge in [-0.1, -0.05) is 30.3 Å². The molecule has 84 valence electrons. The van der Waals surface area contributed by atoms with E-state index in [0.29, 0.717) is 0 Å². The Balaban J connectivity index is 0.00000112. The molecule has 1 heterocycles. The number of halogens is 1. The van der Waals surface area contributed by atoms with Gasteiger partial charge in [-0.05, 0) is 25.6 Å². The Morgan fingerprint density at radius 2 is 2.07 bits per heavy atom. The summed E-state index contributed by atoms with van der Waals surface area (Å²) in [6.07, 6.45) is 1.28. The first kappa shape index (κ1) is 12.5. The van der Waals surface area contributed by atoms with E-state index in [1.807, 2.05) is 0 Å². The third-order valence-electron chi connectivity index (χ3n) is 2.93. The number of nitrogens with zero attached hydrogens (tertiary/aromatic N) is 1. The van der Waals surface area contributed by atoms with E-state index in [-0.39, 0.29) is 12.4 Å². The summed E-state index contributed by atoms with van der Waals surface area (Å²) in [6, 6.07) is 11.4. The SMILES string of the molecule is CN(Cc1ccccc1)[C@@H]1CCNC1.Cl. The smallest absolute Gasteiger partial charge is 0.0234 e. The van der Waals surface area contributed by atoms with Crippen LogP contribution in [0.1, 0.15) is 12.0 Å². The molecule has 0 bridgehead atoms. The molecule has 1 N–H and O–H groups in total. The molecule has 3 heteroatoms. The third-order valence-corrected chi connectivity index (χ3v) is 2.93. The van der Waals surface area contributed by atoms with Crippen LogP contribution in [0.4, 0.5) is 0 Å². The van der Waals surface area contributed by atoms with E-state index in [1.165, 1.54) is 18.5 Å². The first-order chi connectivity index (χ1) is 6.86. The van der Waals surface area contributed by atoms with Gasteiger partial charge in [-0.2, -0.15) is 0 Å². The van der Waals surface area contributed by atoms with Gasteiger partial charge in [-0.3, -0.25) is 4.90 Å². The molecular weight excluding hydrogens is 208 g/mol. The normalized spacial score (nSPS) is 20.3. The predicted molar refractivity (Wildman–Crippen MR) is 66.4 cm³/mol. The molecule has 0 saturated carbocycles. The minimum atomic E-state index is 0. The molecule has 1 aromatic carbocycles. The lowest BCUT2D eigenvalue weighted by molar-refractivity contribution is 0.249. The molecule has 2 nitrogen and oxygen atoms in total. The molecule has 0 unspecified atom stereocenters. The van der Waals surface area contributed by atoms with E-state index < -0.39 is 0 Å². The minimum absolute atomic E-state index is 0. The second-order valence-electron chi connectivity index (χ2n) is 4.05. The Morgan fingerprint density at radius 1 is 1.33 bits per heavy atom. The zero-order valence-corrected chi connectivity index (χ0v) is 9.96. The van der Waals surface area contributed by atoms with Crippen molar-refractivity contribution in [2.45, 2.75) is 19.0 Å². The van der Waals surface area contributed by atoms with Gasteiger partial charge in [0.1, 0.15) is 0 Å². The molecule has 1 fully saturated rings. The first-order valence-electron chi connectivity index (χ1n) is 5.31. The molecule has 0 spiro atoms. The van der Waals surface area contributed by atoms with Crippen LogP contribution in [0.2, 0.25) is 0 Å². The molecule has 0 radical (unpaired) electrons. The van der Waals surface area contributed by atoms with Crippen molar-refractivity contribution < 1.29 is 0 Å². The minimum Gasteiger partial charge on any atom is -0.315 e. The van der Waals surface area contributed by atoms with Crippen LogP contribution in [0.5, 0.6) is 0 Å². The van der Waals surface area contributed by atoms with Crippen LogP contribution in [0.3, 0.4) is 0 Å². The highest BCUT2D eigenvalue weighted by molar-refractivity contribution is 5.85. The molecule has 2 rings (SSSR count). The molecule has 0 amide bonds. The van der Waals surface area contributed by atoms with Gasteiger partial charge in [0.05, 0.1) is 0 Å². The summed E-state index contributed by atoms with van der Waals surface area (Å²) in [5.41, 5.74) is 1.40. The fourth-order valence-corrected chi connectivity index (χ4v) is 2.02. The van der Waals surface area contributed by atoms with Crippen molar-refractivity contribution in [1.82, 2.24) is 10.2 Å². The molecule has 15 heavy (non-hydrogen) atoms. The lowest BCUT2D eigenvalue weighted by Crippen LogP contribution is -2.32. The lowest BCUT2D eigenvalue weighted by atomic mass is 10.1. The maximum absolute atomic E-state index is 3.40. The van der Waals surface area contributed by atoms with E-state index in [4.69, 9.17) is 0 Å². The molecule has 0 aliphatic carbocycles. The van der Waals surface area contributed by atoms with Crippen LogP contribution in [0, 0.1) is 0 Å². The maximum Gasteiger partial charge on any atom is 0.0234 e. The van der Waals surface area contributed by atoms with Gasteiger partial charge < -0.3 is 5.32 Å². The number of hydrogen-bond donors (Lipinski definition) is 1. The zero-order chi connectivity index (χ0) is 9.80. The van der Waals surface area contributed by atoms with Crippen LogP contribution in [-0.4, -0.2) is 31.1 Å². The Hall–Kier alpha value is -0.570. The van der Waals surface area contributed by atoms with Gasteiger partial charge in [0.25, 0.3) is 0 Å². The van der Waals surface area contributed by atoms with E-state index >= 15 is 0 Å². The Kier molecular flexibility index (Phi) is 5.09. The van der Waals surface area contributed by atoms with Gasteiger partial charge in [0.15, 0.2) is 0 Å². The van der Waals surface area contributed by atoms with Crippen LogP contribution < -0.4 is 5.32 Å². The van der Waals surface area contributed by atoms with Crippen molar-refractivity contribution in [2.75, 3.05) is 20.1 Å². The molecule has 1 aliphatic rings. The number of likely N-dealkylation sites (N-methyl/N-ethyl adjacent to an activating group) is 1. The van der Waals surface area contributed by atoms with Crippen molar-refractivity contribution >= 4 is 12.4 Å². The van der Waals surface area contributed by atoms with Crippen LogP contribution in [0.25, 0.3) is 0 Å². The van der Waals surface area contributed by atoms with Gasteiger partial charge in [-0.25, -0.2) is 0 Å². The summed E-state index contributed by atoms with van der Waals surface area (Å²) in [4.78, 5) is 2.44. The Morgan fingerprint density at radius 3 is 2.67 bits per heavy atom. The van der Waals surface area contributed by atoms with Crippen molar-refractivity contribution in [3.63, 3.8) is 0 Å². The monoisotopic (exact) mass is 226 g/mol. The lowest BCUT2D eigenvalue weighted by Gasteiger charge is -2.23. The second kappa shape index (κ2) is 6.11. The van der Waals surface area contributed by atoms with Crippen molar-refractivity contribution in [1.29, 1.82) is 0 Å². The highest BCUT2D eigenvalue weighted by Gasteiger charge is 2.18. The van der Waals surface area contributed by atoms with Crippen molar-refractivity contribution in [2.24, 2.45) is 0 Å². The molecular formula is C12H19ClN2. The Labute approximate surface area is 98.1 Å². The number of benzene rings is 1. The largest absolute Gasteiger partial charge is 0.315 e. The van der Waals surface area contributed by atoms with Crippen molar-refractivity contribution in [3.05, 3.63) is 35.9 Å². The predicted octanol–water partition coefficient (Wildman–Crippen LogP) is 1.90. The molecule has 1 aromatic rings. The highest BCUT2D eigenvalue weighted by atomic mass is 35.5. The van der Waals surface area contributed by atoms with Crippen LogP contribution >= 0.6 is 12.4 Å². The quantitative estimate of drug-likeness (QED) is 0.847. The van der Waals surface area contributed by atoms with Crippen LogP contribution in [-0.2, 0) is 6.54 Å². The highest BCUT2D eigenvalue weighted by Crippen LogP contribution is 2.10. The standard InChI is InChI=1S/C12H18N2.ClH/c1-14(12-7-8-13-9-12)10-11-5-3-2-4-6-11;/h2-6,12-13H,7-10H2,1H3;1H/t12-;/m1./s1. The molecule has 1 saturated heterocycles. The summed E-state index contributed by atoms with van der Waals surface area (Å²) in [5.74, 6) is 0. The number of hydrogen-bond acceptors (Lipinski definition) is 2. The maximum atomic E-state index is 3.40. The molecule has 0 aromatic heterocycles. The van der Waals surface area contributed by atoms with E-state index in [2.05, 4.69) is 47.6 Å². The second-order valence-corrected chi connectivity index (χ2v) is 4.05. The number of rotatable bonds is 3. The van der Waals surface area contributed by atoms with E-state index in [0.717, 1.165) is 19.1 Å². The summed E-state index contributed by atoms with van der Waals surface area (Å²) in [5, 5.41) is 3.40. The average Bonchev–Trinajstić information content (AvgIpc) is 2.72. The van der Waals surface area contributed by atoms with E-state index in [9.17, 15) is 0 Å². The summed E-state index contributed by atoms with van der Waals surface area (Å²) in [6.45, 7) is 3.38. The van der Waals surface area contributed by atoms with E-state index in [1.54, 1.807) is 0 Å².